The van der Waals surface area contributed by atoms with E-state index in [1.165, 1.54) is 81.7 Å². The zero-order valence-electron chi connectivity index (χ0n) is 22.2. The molecule has 0 spiro atoms. The molecule has 3 rings (SSSR count). The summed E-state index contributed by atoms with van der Waals surface area (Å²) < 4.78 is 42.1. The Morgan fingerprint density at radius 2 is 1.56 bits per heavy atom. The number of carbonyl (C=O) groups is 3. The van der Waals surface area contributed by atoms with Crippen molar-refractivity contribution in [2.75, 3.05) is 42.3 Å². The summed E-state index contributed by atoms with van der Waals surface area (Å²) in [4.78, 5) is 45.8. The lowest BCUT2D eigenvalue weighted by Gasteiger charge is -2.20. The Morgan fingerprint density at radius 1 is 0.927 bits per heavy atom. The summed E-state index contributed by atoms with van der Waals surface area (Å²) in [6.45, 7) is 0.0819. The van der Waals surface area contributed by atoms with Crippen molar-refractivity contribution in [3.05, 3.63) is 76.8 Å². The van der Waals surface area contributed by atoms with Gasteiger partial charge in [0, 0.05) is 19.7 Å². The van der Waals surface area contributed by atoms with E-state index >= 15 is 0 Å². The number of ether oxygens (including phenoxy) is 3. The molecule has 0 aromatic heterocycles. The van der Waals surface area contributed by atoms with Gasteiger partial charge in [-0.2, -0.15) is 0 Å². The van der Waals surface area contributed by atoms with E-state index in [2.05, 4.69) is 10.6 Å². The zero-order valence-corrected chi connectivity index (χ0v) is 23.0. The van der Waals surface area contributed by atoms with Crippen LogP contribution in [0, 0.1) is 10.1 Å². The average molecular weight is 587 g/mol. The number of hydrogen-bond donors (Lipinski definition) is 2. The lowest BCUT2D eigenvalue weighted by molar-refractivity contribution is -0.384. The largest absolute Gasteiger partial charge is 0.496 e. The number of sulfonamides is 1. The molecule has 2 amide bonds. The number of hydrogen-bond acceptors (Lipinski definition) is 10. The van der Waals surface area contributed by atoms with Crippen LogP contribution >= 0.6 is 0 Å². The van der Waals surface area contributed by atoms with E-state index in [-0.39, 0.29) is 28.0 Å². The Bertz CT molecular complexity index is 1540. The minimum atomic E-state index is -3.90. The minimum Gasteiger partial charge on any atom is -0.496 e. The van der Waals surface area contributed by atoms with E-state index in [9.17, 15) is 32.9 Å². The summed E-state index contributed by atoms with van der Waals surface area (Å²) >= 11 is 0. The molecule has 0 saturated carbocycles. The second-order valence-electron chi connectivity index (χ2n) is 8.31. The fraction of sp³-hybridized carbons (Fsp3) is 0.192. The van der Waals surface area contributed by atoms with Gasteiger partial charge in [0.15, 0.2) is 13.2 Å². The van der Waals surface area contributed by atoms with Crippen LogP contribution < -0.4 is 24.4 Å². The molecule has 0 aliphatic rings. The van der Waals surface area contributed by atoms with E-state index in [1.54, 1.807) is 0 Å². The lowest BCUT2D eigenvalue weighted by atomic mass is 10.2. The number of methoxy groups -OCH3 is 1. The Morgan fingerprint density at radius 3 is 2.15 bits per heavy atom. The van der Waals surface area contributed by atoms with Crippen LogP contribution in [0.2, 0.25) is 0 Å². The van der Waals surface area contributed by atoms with Crippen LogP contribution in [0.3, 0.4) is 0 Å². The van der Waals surface area contributed by atoms with Crippen LogP contribution in [-0.4, -0.2) is 58.5 Å². The second-order valence-corrected chi connectivity index (χ2v) is 10.3. The molecule has 0 unspecified atom stereocenters. The first kappa shape index (κ1) is 30.4. The van der Waals surface area contributed by atoms with Gasteiger partial charge in [0.1, 0.15) is 17.2 Å². The summed E-state index contributed by atoms with van der Waals surface area (Å²) in [5.41, 5.74) is 0.285. The third-order valence-electron chi connectivity index (χ3n) is 5.43. The highest BCUT2D eigenvalue weighted by Crippen LogP contribution is 2.29. The molecule has 0 bridgehead atoms. The fourth-order valence-corrected chi connectivity index (χ4v) is 4.57. The predicted molar refractivity (Wildman–Crippen MR) is 148 cm³/mol. The molecule has 2 N–H and O–H groups in total. The number of nitro groups is 1. The maximum absolute atomic E-state index is 13.0. The Hall–Kier alpha value is -5.18. The zero-order chi connectivity index (χ0) is 30.2. The van der Waals surface area contributed by atoms with E-state index in [1.807, 2.05) is 0 Å². The van der Waals surface area contributed by atoms with Gasteiger partial charge < -0.3 is 24.8 Å². The monoisotopic (exact) mass is 586 g/mol. The predicted octanol–water partition coefficient (Wildman–Crippen LogP) is 2.95. The van der Waals surface area contributed by atoms with E-state index < -0.39 is 45.7 Å². The standard InChI is InChI=1S/C26H26N4O10S/c1-17(31)27-18-4-11-22(12-5-18)41(36,37)29(2)19-6-8-20(9-7-19)39-16-26(33)40-15-25(32)28-23-13-10-21(38-3)14-24(23)30(34)35/h4-14H,15-16H2,1-3H3,(H,27,31)(H,28,32). The quantitative estimate of drug-likeness (QED) is 0.182. The van der Waals surface area contributed by atoms with Gasteiger partial charge in [0.25, 0.3) is 21.6 Å². The number of rotatable bonds is 12. The summed E-state index contributed by atoms with van der Waals surface area (Å²) in [7, 11) is -1.19. The van der Waals surface area contributed by atoms with Gasteiger partial charge in [-0.1, -0.05) is 0 Å². The van der Waals surface area contributed by atoms with Crippen molar-refractivity contribution in [3.63, 3.8) is 0 Å². The minimum absolute atomic E-state index is 0.0165. The van der Waals surface area contributed by atoms with Crippen molar-refractivity contribution in [1.82, 2.24) is 0 Å². The Kier molecular flexibility index (Phi) is 9.81. The van der Waals surface area contributed by atoms with Gasteiger partial charge in [-0.15, -0.1) is 0 Å². The van der Waals surface area contributed by atoms with Gasteiger partial charge in [-0.3, -0.25) is 24.0 Å². The lowest BCUT2D eigenvalue weighted by Crippen LogP contribution is -2.26. The number of benzene rings is 3. The molecule has 15 heteroatoms. The number of carbonyl (C=O) groups excluding carboxylic acids is 3. The van der Waals surface area contributed by atoms with Crippen LogP contribution in [0.5, 0.6) is 11.5 Å². The van der Waals surface area contributed by atoms with Gasteiger partial charge >= 0.3 is 5.97 Å². The van der Waals surface area contributed by atoms with Crippen LogP contribution in [0.15, 0.2) is 71.6 Å². The Balaban J connectivity index is 1.51. The van der Waals surface area contributed by atoms with Crippen LogP contribution in [0.1, 0.15) is 6.92 Å². The molecule has 0 aliphatic carbocycles. The molecule has 216 valence electrons. The van der Waals surface area contributed by atoms with E-state index in [0.717, 1.165) is 10.4 Å². The number of nitrogens with zero attached hydrogens (tertiary/aromatic N) is 2. The summed E-state index contributed by atoms with van der Waals surface area (Å²) in [5.74, 6) is -1.50. The van der Waals surface area contributed by atoms with Crippen molar-refractivity contribution >= 4 is 50.6 Å². The van der Waals surface area contributed by atoms with Crippen molar-refractivity contribution in [1.29, 1.82) is 0 Å². The molecule has 41 heavy (non-hydrogen) atoms. The van der Waals surface area contributed by atoms with Crippen molar-refractivity contribution in [2.24, 2.45) is 0 Å². The van der Waals surface area contributed by atoms with Gasteiger partial charge in [-0.05, 0) is 60.7 Å². The van der Waals surface area contributed by atoms with Crippen LogP contribution in [-0.2, 0) is 29.1 Å². The van der Waals surface area contributed by atoms with Crippen LogP contribution in [0.4, 0.5) is 22.7 Å². The number of esters is 1. The molecule has 0 atom stereocenters. The number of anilines is 3. The smallest absolute Gasteiger partial charge is 0.344 e. The van der Waals surface area contributed by atoms with Gasteiger partial charge in [0.05, 0.1) is 28.7 Å². The average Bonchev–Trinajstić information content (AvgIpc) is 2.95. The molecule has 3 aromatic rings. The molecular weight excluding hydrogens is 560 g/mol. The van der Waals surface area contributed by atoms with Gasteiger partial charge in [-0.25, -0.2) is 13.2 Å². The molecule has 0 radical (unpaired) electrons. The molecule has 0 fully saturated rings. The highest BCUT2D eigenvalue weighted by Gasteiger charge is 2.22. The second kappa shape index (κ2) is 13.3. The third kappa shape index (κ3) is 8.15. The normalized spacial score (nSPS) is 10.7. The molecule has 0 heterocycles. The summed E-state index contributed by atoms with van der Waals surface area (Å²) in [6, 6.07) is 15.4. The third-order valence-corrected chi connectivity index (χ3v) is 7.23. The maximum atomic E-state index is 13.0. The van der Waals surface area contributed by atoms with E-state index in [4.69, 9.17) is 14.2 Å². The molecule has 0 aliphatic heterocycles. The molecular formula is C26H26N4O10S. The fourth-order valence-electron chi connectivity index (χ4n) is 3.37. The number of nitrogens with one attached hydrogen (secondary N) is 2. The first-order valence-electron chi connectivity index (χ1n) is 11.8. The first-order valence-corrected chi connectivity index (χ1v) is 13.2. The summed E-state index contributed by atoms with van der Waals surface area (Å²) in [6.07, 6.45) is 0. The number of nitro benzene ring substituents is 1. The first-order chi connectivity index (χ1) is 19.4. The van der Waals surface area contributed by atoms with Gasteiger partial charge in [0.2, 0.25) is 5.91 Å². The molecule has 0 saturated heterocycles. The van der Waals surface area contributed by atoms with Crippen molar-refractivity contribution in [2.45, 2.75) is 11.8 Å². The highest BCUT2D eigenvalue weighted by molar-refractivity contribution is 7.92. The van der Waals surface area contributed by atoms with Crippen LogP contribution in [0.25, 0.3) is 0 Å². The SMILES string of the molecule is COc1ccc(NC(=O)COC(=O)COc2ccc(N(C)S(=O)(=O)c3ccc(NC(C)=O)cc3)cc2)c([N+](=O)[O-])c1. The number of amides is 2. The van der Waals surface area contributed by atoms with E-state index in [0.29, 0.717) is 11.4 Å². The van der Waals surface area contributed by atoms with Crippen molar-refractivity contribution < 1.29 is 41.9 Å². The Labute approximate surface area is 235 Å². The van der Waals surface area contributed by atoms with Crippen molar-refractivity contribution in [3.8, 4) is 11.5 Å². The topological polar surface area (TPSA) is 183 Å². The molecule has 3 aromatic carbocycles. The molecule has 14 nitrogen and oxygen atoms in total. The maximum Gasteiger partial charge on any atom is 0.344 e. The summed E-state index contributed by atoms with van der Waals surface area (Å²) in [5, 5.41) is 16.1. The highest BCUT2D eigenvalue weighted by atomic mass is 32.2.